The van der Waals surface area contributed by atoms with Gasteiger partial charge in [0.15, 0.2) is 0 Å². The van der Waals surface area contributed by atoms with Crippen LogP contribution in [0.5, 0.6) is 0 Å². The van der Waals surface area contributed by atoms with E-state index in [1.54, 1.807) is 0 Å². The number of alkyl halides is 3. The number of esters is 1. The van der Waals surface area contributed by atoms with Crippen molar-refractivity contribution in [3.8, 4) is 0 Å². The lowest BCUT2D eigenvalue weighted by atomic mass is 10.3. The van der Waals surface area contributed by atoms with Gasteiger partial charge < -0.3 is 4.74 Å². The molecule has 5 nitrogen and oxygen atoms in total. The number of carbonyl (C=O) groups excluding carboxylic acids is 1. The molecule has 0 spiro atoms. The number of halogens is 3. The predicted octanol–water partition coefficient (Wildman–Crippen LogP) is 1.98. The number of nitrogens with two attached hydrogens (primary N) is 1. The molecule has 0 unspecified atom stereocenters. The van der Waals surface area contributed by atoms with Crippen LogP contribution in [0.1, 0.15) is 29.1 Å². The molecule has 0 atom stereocenters. The van der Waals surface area contributed by atoms with Crippen molar-refractivity contribution in [1.29, 1.82) is 0 Å². The average molecular weight is 317 g/mol. The molecule has 0 aliphatic rings. The number of hydrogen-bond donors (Lipinski definition) is 1. The quantitative estimate of drug-likeness (QED) is 0.864. The summed E-state index contributed by atoms with van der Waals surface area (Å²) in [6, 6.07) is 0. The molecular formula is C9H10F3NO4S2. The van der Waals surface area contributed by atoms with Gasteiger partial charge in [-0.3, -0.25) is 0 Å². The highest BCUT2D eigenvalue weighted by molar-refractivity contribution is 7.89. The van der Waals surface area contributed by atoms with Crippen molar-refractivity contribution < 1.29 is 31.1 Å². The molecule has 2 N–H and O–H groups in total. The minimum absolute atomic E-state index is 0.326. The highest BCUT2D eigenvalue weighted by Crippen LogP contribution is 2.39. The van der Waals surface area contributed by atoms with E-state index in [-0.39, 0.29) is 0 Å². The second kappa shape index (κ2) is 5.10. The summed E-state index contributed by atoms with van der Waals surface area (Å²) in [7, 11) is -4.70. The Bertz CT molecular complexity index is 589. The van der Waals surface area contributed by atoms with Gasteiger partial charge in [0.05, 0.1) is 11.7 Å². The van der Waals surface area contributed by atoms with Gasteiger partial charge in [0.2, 0.25) is 10.0 Å². The highest BCUT2D eigenvalue weighted by atomic mass is 32.2. The van der Waals surface area contributed by atoms with Gasteiger partial charge in [0.25, 0.3) is 0 Å². The molecule has 1 aromatic rings. The molecule has 1 aromatic heterocycles. The topological polar surface area (TPSA) is 86.5 Å². The third-order valence-electron chi connectivity index (χ3n) is 1.86. The fourth-order valence-electron chi connectivity index (χ4n) is 1.23. The third kappa shape index (κ3) is 3.67. The first-order chi connectivity index (χ1) is 8.44. The molecule has 0 aliphatic carbocycles. The number of sulfonamides is 1. The molecular weight excluding hydrogens is 307 g/mol. The monoisotopic (exact) mass is 317 g/mol. The van der Waals surface area contributed by atoms with Crippen molar-refractivity contribution in [3.05, 3.63) is 15.8 Å². The van der Waals surface area contributed by atoms with E-state index in [1.807, 2.05) is 0 Å². The van der Waals surface area contributed by atoms with Crippen LogP contribution in [0, 0.1) is 0 Å². The summed E-state index contributed by atoms with van der Waals surface area (Å²) in [5.74, 6) is -1.15. The minimum atomic E-state index is -4.92. The van der Waals surface area contributed by atoms with Crippen molar-refractivity contribution in [3.63, 3.8) is 0 Å². The molecule has 10 heteroatoms. The zero-order chi connectivity index (χ0) is 15.0. The lowest BCUT2D eigenvalue weighted by molar-refractivity contribution is -0.139. The van der Waals surface area contributed by atoms with Crippen LogP contribution in [-0.4, -0.2) is 20.5 Å². The maximum absolute atomic E-state index is 12.7. The van der Waals surface area contributed by atoms with E-state index in [9.17, 15) is 26.4 Å². The molecule has 0 aliphatic heterocycles. The summed E-state index contributed by atoms with van der Waals surface area (Å²) >= 11 is 0.326. The number of primary sulfonamides is 1. The van der Waals surface area contributed by atoms with Crippen LogP contribution >= 0.6 is 11.3 Å². The van der Waals surface area contributed by atoms with Crippen molar-refractivity contribution in [1.82, 2.24) is 0 Å². The Morgan fingerprint density at radius 3 is 2.32 bits per heavy atom. The third-order valence-corrected chi connectivity index (χ3v) is 3.95. The molecule has 1 rings (SSSR count). The zero-order valence-corrected chi connectivity index (χ0v) is 11.4. The van der Waals surface area contributed by atoms with Crippen LogP contribution in [0.2, 0.25) is 0 Å². The molecule has 0 radical (unpaired) electrons. The Hall–Kier alpha value is -1.13. The highest BCUT2D eigenvalue weighted by Gasteiger charge is 2.41. The Morgan fingerprint density at radius 1 is 1.42 bits per heavy atom. The lowest BCUT2D eigenvalue weighted by Gasteiger charge is -2.10. The Labute approximate surface area is 111 Å². The SMILES string of the molecule is CC(C)OC(=O)c1scc(C(F)(F)F)c1S(N)(=O)=O. The number of carbonyl (C=O) groups is 1. The summed E-state index contributed by atoms with van der Waals surface area (Å²) in [4.78, 5) is 9.65. The van der Waals surface area contributed by atoms with Crippen molar-refractivity contribution >= 4 is 27.3 Å². The van der Waals surface area contributed by atoms with Crippen LogP contribution < -0.4 is 5.14 Å². The number of hydrogen-bond acceptors (Lipinski definition) is 5. The summed E-state index contributed by atoms with van der Waals surface area (Å²) < 4.78 is 65.1. The number of thiophene rings is 1. The predicted molar refractivity (Wildman–Crippen MR) is 61.2 cm³/mol. The maximum atomic E-state index is 12.7. The van der Waals surface area contributed by atoms with E-state index >= 15 is 0 Å². The van der Waals surface area contributed by atoms with Crippen LogP contribution in [0.3, 0.4) is 0 Å². The van der Waals surface area contributed by atoms with E-state index in [2.05, 4.69) is 4.74 Å². The fourth-order valence-corrected chi connectivity index (χ4v) is 3.47. The lowest BCUT2D eigenvalue weighted by Crippen LogP contribution is -2.21. The molecule has 19 heavy (non-hydrogen) atoms. The largest absolute Gasteiger partial charge is 0.459 e. The molecule has 0 bridgehead atoms. The van der Waals surface area contributed by atoms with Gasteiger partial charge in [0.1, 0.15) is 9.77 Å². The van der Waals surface area contributed by atoms with Crippen molar-refractivity contribution in [2.24, 2.45) is 5.14 Å². The van der Waals surface area contributed by atoms with E-state index < -0.39 is 43.6 Å². The average Bonchev–Trinajstić information content (AvgIpc) is 2.58. The smallest absolute Gasteiger partial charge is 0.418 e. The van der Waals surface area contributed by atoms with Crippen molar-refractivity contribution in [2.45, 2.75) is 31.0 Å². The van der Waals surface area contributed by atoms with Gasteiger partial charge in [-0.2, -0.15) is 13.2 Å². The first-order valence-electron chi connectivity index (χ1n) is 4.87. The van der Waals surface area contributed by atoms with E-state index in [4.69, 9.17) is 5.14 Å². The van der Waals surface area contributed by atoms with Crippen molar-refractivity contribution in [2.75, 3.05) is 0 Å². The molecule has 0 aromatic carbocycles. The van der Waals surface area contributed by atoms with Crippen LogP contribution in [0.15, 0.2) is 10.3 Å². The second-order valence-electron chi connectivity index (χ2n) is 3.80. The van der Waals surface area contributed by atoms with Gasteiger partial charge in [-0.1, -0.05) is 0 Å². The van der Waals surface area contributed by atoms with Crippen LogP contribution in [-0.2, 0) is 20.9 Å². The van der Waals surface area contributed by atoms with Crippen LogP contribution in [0.4, 0.5) is 13.2 Å². The molecule has 1 heterocycles. The van der Waals surface area contributed by atoms with Gasteiger partial charge in [-0.25, -0.2) is 18.4 Å². The summed E-state index contributed by atoms with van der Waals surface area (Å²) in [6.07, 6.45) is -5.52. The first-order valence-corrected chi connectivity index (χ1v) is 7.29. The molecule has 0 amide bonds. The second-order valence-corrected chi connectivity index (χ2v) is 6.18. The summed E-state index contributed by atoms with van der Waals surface area (Å²) in [5, 5.41) is 5.26. The van der Waals surface area contributed by atoms with Gasteiger partial charge in [-0.05, 0) is 13.8 Å². The van der Waals surface area contributed by atoms with Gasteiger partial charge in [0, 0.05) is 5.38 Å². The maximum Gasteiger partial charge on any atom is 0.418 e. The summed E-state index contributed by atoms with van der Waals surface area (Å²) in [6.45, 7) is 2.96. The fraction of sp³-hybridized carbons (Fsp3) is 0.444. The summed E-state index contributed by atoms with van der Waals surface area (Å²) in [5.41, 5.74) is -1.46. The molecule has 0 saturated heterocycles. The molecule has 108 valence electrons. The van der Waals surface area contributed by atoms with Gasteiger partial charge >= 0.3 is 12.1 Å². The van der Waals surface area contributed by atoms with Crippen LogP contribution in [0.25, 0.3) is 0 Å². The Balaban J connectivity index is 3.44. The standard InChI is InChI=1S/C9H10F3NO4S2/c1-4(2)17-8(14)6-7(19(13,15)16)5(3-18-6)9(10,11)12/h3-4H,1-2H3,(H2,13,15,16). The first kappa shape index (κ1) is 15.9. The molecule has 0 saturated carbocycles. The number of rotatable bonds is 3. The Morgan fingerprint density at radius 2 is 1.95 bits per heavy atom. The molecule has 0 fully saturated rings. The number of ether oxygens (including phenoxy) is 1. The van der Waals surface area contributed by atoms with E-state index in [1.165, 1.54) is 13.8 Å². The van der Waals surface area contributed by atoms with Gasteiger partial charge in [-0.15, -0.1) is 11.3 Å². The van der Waals surface area contributed by atoms with E-state index in [0.717, 1.165) is 0 Å². The Kier molecular flexibility index (Phi) is 4.27. The normalized spacial score (nSPS) is 12.8. The minimum Gasteiger partial charge on any atom is -0.459 e. The van der Waals surface area contributed by atoms with E-state index in [0.29, 0.717) is 16.7 Å². The zero-order valence-electron chi connectivity index (χ0n) is 9.82.